The highest BCUT2D eigenvalue weighted by atomic mass is 16.5. The number of nitrogens with zero attached hydrogens (tertiary/aromatic N) is 1. The predicted molar refractivity (Wildman–Crippen MR) is 125 cm³/mol. The minimum absolute atomic E-state index is 0.391. The van der Waals surface area contributed by atoms with Gasteiger partial charge in [-0.3, -0.25) is 4.98 Å². The maximum atomic E-state index is 12.2. The summed E-state index contributed by atoms with van der Waals surface area (Å²) in [6, 6.07) is 19.1. The number of carbonyl (C=O) groups excluding carboxylic acids is 1. The molecule has 2 amide bonds. The fourth-order valence-corrected chi connectivity index (χ4v) is 3.17. The highest BCUT2D eigenvalue weighted by molar-refractivity contribution is 6.01. The second kappa shape index (κ2) is 9.13. The number of carbonyl (C=O) groups is 1. The molecule has 0 atom stereocenters. The molecule has 0 radical (unpaired) electrons. The summed E-state index contributed by atoms with van der Waals surface area (Å²) >= 11 is 0. The van der Waals surface area contributed by atoms with Gasteiger partial charge in [0.05, 0.1) is 31.1 Å². The molecule has 0 spiro atoms. The lowest BCUT2D eigenvalue weighted by atomic mass is 10.2. The number of para-hydroxylation sites is 2. The molecular formula is C24H22N4O4. The third-order valence-electron chi connectivity index (χ3n) is 4.76. The first-order valence-corrected chi connectivity index (χ1v) is 9.78. The van der Waals surface area contributed by atoms with Crippen LogP contribution in [0.4, 0.5) is 21.9 Å². The molecule has 1 aromatic heterocycles. The van der Waals surface area contributed by atoms with Crippen LogP contribution in [0.2, 0.25) is 0 Å². The van der Waals surface area contributed by atoms with Gasteiger partial charge < -0.3 is 30.6 Å². The number of nitrogen functional groups attached to an aromatic ring is 1. The number of pyridine rings is 1. The van der Waals surface area contributed by atoms with Gasteiger partial charge in [-0.2, -0.15) is 0 Å². The predicted octanol–water partition coefficient (Wildman–Crippen LogP) is 5.27. The second-order valence-electron chi connectivity index (χ2n) is 6.83. The Morgan fingerprint density at radius 1 is 0.875 bits per heavy atom. The number of urea groups is 1. The van der Waals surface area contributed by atoms with Gasteiger partial charge in [0.25, 0.3) is 0 Å². The quantitative estimate of drug-likeness (QED) is 0.360. The van der Waals surface area contributed by atoms with Crippen molar-refractivity contribution in [2.24, 2.45) is 0 Å². The zero-order valence-electron chi connectivity index (χ0n) is 17.6. The Morgan fingerprint density at radius 2 is 1.59 bits per heavy atom. The van der Waals surface area contributed by atoms with E-state index in [-0.39, 0.29) is 0 Å². The highest BCUT2D eigenvalue weighted by Crippen LogP contribution is 2.37. The number of anilines is 3. The molecule has 0 aliphatic rings. The van der Waals surface area contributed by atoms with Crippen LogP contribution in [0, 0.1) is 0 Å². The molecule has 0 aliphatic carbocycles. The zero-order valence-corrected chi connectivity index (χ0v) is 17.6. The molecule has 162 valence electrons. The van der Waals surface area contributed by atoms with E-state index in [0.29, 0.717) is 40.1 Å². The van der Waals surface area contributed by atoms with Crippen molar-refractivity contribution in [3.05, 3.63) is 72.9 Å². The summed E-state index contributed by atoms with van der Waals surface area (Å²) in [7, 11) is 3.16. The minimum atomic E-state index is -0.391. The number of methoxy groups -OCH3 is 2. The maximum absolute atomic E-state index is 12.2. The van der Waals surface area contributed by atoms with Crippen LogP contribution in [0.1, 0.15) is 0 Å². The molecule has 0 saturated heterocycles. The summed E-state index contributed by atoms with van der Waals surface area (Å²) in [5.74, 6) is 2.40. The van der Waals surface area contributed by atoms with E-state index in [1.807, 2.05) is 6.07 Å². The van der Waals surface area contributed by atoms with E-state index < -0.39 is 6.03 Å². The van der Waals surface area contributed by atoms with Gasteiger partial charge in [-0.15, -0.1) is 0 Å². The van der Waals surface area contributed by atoms with Gasteiger partial charge in [-0.1, -0.05) is 12.1 Å². The zero-order chi connectivity index (χ0) is 22.5. The summed E-state index contributed by atoms with van der Waals surface area (Å²) in [5.41, 5.74) is 8.21. The van der Waals surface area contributed by atoms with E-state index in [1.165, 1.54) is 0 Å². The summed E-state index contributed by atoms with van der Waals surface area (Å²) in [6.45, 7) is 0. The van der Waals surface area contributed by atoms with Crippen LogP contribution in [-0.4, -0.2) is 25.2 Å². The Bertz CT molecular complexity index is 1260. The molecule has 0 fully saturated rings. The summed E-state index contributed by atoms with van der Waals surface area (Å²) < 4.78 is 16.8. The van der Waals surface area contributed by atoms with E-state index in [9.17, 15) is 4.79 Å². The number of hydrogen-bond acceptors (Lipinski definition) is 6. The average Bonchev–Trinajstić information content (AvgIpc) is 2.81. The smallest absolute Gasteiger partial charge is 0.323 e. The second-order valence-corrected chi connectivity index (χ2v) is 6.83. The molecule has 8 nitrogen and oxygen atoms in total. The highest BCUT2D eigenvalue weighted by Gasteiger charge is 2.12. The number of benzene rings is 3. The topological polar surface area (TPSA) is 108 Å². The minimum Gasteiger partial charge on any atom is -0.493 e. The van der Waals surface area contributed by atoms with Crippen molar-refractivity contribution in [3.8, 4) is 23.0 Å². The molecule has 4 N–H and O–H groups in total. The van der Waals surface area contributed by atoms with Crippen LogP contribution in [0.25, 0.3) is 10.9 Å². The Hall–Kier alpha value is -4.46. The van der Waals surface area contributed by atoms with E-state index >= 15 is 0 Å². The summed E-state index contributed by atoms with van der Waals surface area (Å²) in [5, 5.41) is 6.27. The van der Waals surface area contributed by atoms with Gasteiger partial charge >= 0.3 is 6.03 Å². The molecule has 3 aromatic carbocycles. The van der Waals surface area contributed by atoms with Gasteiger partial charge in [0.15, 0.2) is 11.5 Å². The normalized spacial score (nSPS) is 10.4. The first-order valence-electron chi connectivity index (χ1n) is 9.78. The fourth-order valence-electron chi connectivity index (χ4n) is 3.17. The van der Waals surface area contributed by atoms with Crippen molar-refractivity contribution in [3.63, 3.8) is 0 Å². The SMILES string of the molecule is COc1cc2nccc(Oc3ccc(NC(=O)Nc4ccccc4N)cc3)c2cc1OC. The van der Waals surface area contributed by atoms with Crippen LogP contribution >= 0.6 is 0 Å². The standard InChI is InChI=1S/C24H22N4O4/c1-30-22-13-17-20(14-23(22)31-2)26-12-11-21(17)32-16-9-7-15(8-10-16)27-24(29)28-19-6-4-3-5-18(19)25/h3-14H,25H2,1-2H3,(H2,27,28,29). The van der Waals surface area contributed by atoms with Crippen LogP contribution < -0.4 is 30.6 Å². The Balaban J connectivity index is 1.48. The van der Waals surface area contributed by atoms with Crippen molar-refractivity contribution in [1.29, 1.82) is 0 Å². The van der Waals surface area contributed by atoms with Crippen molar-refractivity contribution >= 4 is 34.0 Å². The number of nitrogens with two attached hydrogens (primary N) is 1. The van der Waals surface area contributed by atoms with Gasteiger partial charge in [0.1, 0.15) is 11.5 Å². The lowest BCUT2D eigenvalue weighted by Crippen LogP contribution is -2.20. The molecule has 0 bridgehead atoms. The molecular weight excluding hydrogens is 408 g/mol. The molecule has 32 heavy (non-hydrogen) atoms. The van der Waals surface area contributed by atoms with Crippen LogP contribution in [0.15, 0.2) is 72.9 Å². The van der Waals surface area contributed by atoms with Gasteiger partial charge in [-0.25, -0.2) is 4.79 Å². The first kappa shape index (κ1) is 20.8. The monoisotopic (exact) mass is 430 g/mol. The number of rotatable bonds is 6. The Labute approximate surface area is 184 Å². The number of fused-ring (bicyclic) bond motifs is 1. The van der Waals surface area contributed by atoms with E-state index in [0.717, 1.165) is 10.9 Å². The number of amides is 2. The number of aromatic nitrogens is 1. The van der Waals surface area contributed by atoms with E-state index in [2.05, 4.69) is 15.6 Å². The van der Waals surface area contributed by atoms with Crippen molar-refractivity contribution in [2.75, 3.05) is 30.6 Å². The summed E-state index contributed by atoms with van der Waals surface area (Å²) in [4.78, 5) is 16.6. The van der Waals surface area contributed by atoms with Crippen LogP contribution in [0.3, 0.4) is 0 Å². The Kier molecular flexibility index (Phi) is 5.94. The van der Waals surface area contributed by atoms with Crippen LogP contribution in [0.5, 0.6) is 23.0 Å². The van der Waals surface area contributed by atoms with E-state index in [1.54, 1.807) is 81.1 Å². The maximum Gasteiger partial charge on any atom is 0.323 e. The molecule has 4 aromatic rings. The molecule has 0 saturated carbocycles. The molecule has 0 unspecified atom stereocenters. The molecule has 8 heteroatoms. The third kappa shape index (κ3) is 4.49. The number of nitrogens with one attached hydrogen (secondary N) is 2. The van der Waals surface area contributed by atoms with Gasteiger partial charge in [0, 0.05) is 23.3 Å². The average molecular weight is 430 g/mol. The number of hydrogen-bond donors (Lipinski definition) is 3. The lowest BCUT2D eigenvalue weighted by Gasteiger charge is -2.13. The third-order valence-corrected chi connectivity index (χ3v) is 4.76. The fraction of sp³-hybridized carbons (Fsp3) is 0.0833. The van der Waals surface area contributed by atoms with Crippen molar-refractivity contribution in [2.45, 2.75) is 0 Å². The first-order chi connectivity index (χ1) is 15.6. The van der Waals surface area contributed by atoms with Crippen molar-refractivity contribution in [1.82, 2.24) is 4.98 Å². The summed E-state index contributed by atoms with van der Waals surface area (Å²) in [6.07, 6.45) is 1.67. The molecule has 0 aliphatic heterocycles. The van der Waals surface area contributed by atoms with Crippen molar-refractivity contribution < 1.29 is 19.0 Å². The van der Waals surface area contributed by atoms with Crippen LogP contribution in [-0.2, 0) is 0 Å². The molecule has 4 rings (SSSR count). The van der Waals surface area contributed by atoms with Gasteiger partial charge in [-0.05, 0) is 48.5 Å². The Morgan fingerprint density at radius 3 is 2.31 bits per heavy atom. The van der Waals surface area contributed by atoms with E-state index in [4.69, 9.17) is 19.9 Å². The molecule has 1 heterocycles. The van der Waals surface area contributed by atoms with Gasteiger partial charge in [0.2, 0.25) is 0 Å². The number of ether oxygens (including phenoxy) is 3. The largest absolute Gasteiger partial charge is 0.493 e. The lowest BCUT2D eigenvalue weighted by molar-refractivity contribution is 0.262.